The van der Waals surface area contributed by atoms with Gasteiger partial charge in [-0.1, -0.05) is 18.2 Å². The number of nitrogens with one attached hydrogen (secondary N) is 1. The van der Waals surface area contributed by atoms with E-state index < -0.39 is 4.92 Å². The zero-order chi connectivity index (χ0) is 19.4. The van der Waals surface area contributed by atoms with Gasteiger partial charge < -0.3 is 14.8 Å². The van der Waals surface area contributed by atoms with E-state index in [-0.39, 0.29) is 30.7 Å². The van der Waals surface area contributed by atoms with Crippen LogP contribution in [-0.2, 0) is 24.2 Å². The highest BCUT2D eigenvalue weighted by atomic mass is 16.6. The first kappa shape index (κ1) is 18.7. The number of carbonyl (C=O) groups excluding carboxylic acids is 1. The van der Waals surface area contributed by atoms with Gasteiger partial charge in [-0.2, -0.15) is 0 Å². The summed E-state index contributed by atoms with van der Waals surface area (Å²) in [5, 5.41) is 13.9. The van der Waals surface area contributed by atoms with Crippen molar-refractivity contribution in [2.75, 3.05) is 6.61 Å². The monoisotopic (exact) mass is 370 g/mol. The quantitative estimate of drug-likeness (QED) is 0.597. The fourth-order valence-electron chi connectivity index (χ4n) is 3.18. The summed E-state index contributed by atoms with van der Waals surface area (Å²) < 4.78 is 11.5. The third kappa shape index (κ3) is 4.36. The zero-order valence-corrected chi connectivity index (χ0v) is 15.4. The normalized spacial score (nSPS) is 15.0. The van der Waals surface area contributed by atoms with Gasteiger partial charge in [-0.15, -0.1) is 0 Å². The van der Waals surface area contributed by atoms with Crippen LogP contribution in [0.3, 0.4) is 0 Å². The molecule has 1 atom stereocenters. The van der Waals surface area contributed by atoms with E-state index in [2.05, 4.69) is 5.32 Å². The van der Waals surface area contributed by atoms with Gasteiger partial charge in [0.25, 0.3) is 5.69 Å². The van der Waals surface area contributed by atoms with Gasteiger partial charge in [0, 0.05) is 35.7 Å². The number of nitro benzene ring substituents is 1. The van der Waals surface area contributed by atoms with Crippen LogP contribution in [0.5, 0.6) is 11.5 Å². The summed E-state index contributed by atoms with van der Waals surface area (Å²) in [7, 11) is 0. The minimum Gasteiger partial charge on any atom is -0.494 e. The molecule has 0 aliphatic carbocycles. The van der Waals surface area contributed by atoms with Gasteiger partial charge in [0.15, 0.2) is 0 Å². The van der Waals surface area contributed by atoms with E-state index in [1.807, 2.05) is 26.0 Å². The number of ether oxygens (including phenoxy) is 2. The molecule has 1 unspecified atom stereocenters. The summed E-state index contributed by atoms with van der Waals surface area (Å²) >= 11 is 0. The summed E-state index contributed by atoms with van der Waals surface area (Å²) in [5.41, 5.74) is 2.25. The summed E-state index contributed by atoms with van der Waals surface area (Å²) in [5.74, 6) is 1.25. The Morgan fingerprint density at radius 3 is 2.85 bits per heavy atom. The largest absolute Gasteiger partial charge is 0.494 e. The van der Waals surface area contributed by atoms with Crippen molar-refractivity contribution in [1.29, 1.82) is 0 Å². The highest BCUT2D eigenvalue weighted by molar-refractivity contribution is 5.79. The van der Waals surface area contributed by atoms with E-state index in [1.54, 1.807) is 18.2 Å². The number of hydrogen-bond acceptors (Lipinski definition) is 5. The van der Waals surface area contributed by atoms with Crippen LogP contribution in [0.25, 0.3) is 0 Å². The maximum absolute atomic E-state index is 12.3. The number of nitrogens with zero attached hydrogens (tertiary/aromatic N) is 1. The lowest BCUT2D eigenvalue weighted by molar-refractivity contribution is -0.385. The lowest BCUT2D eigenvalue weighted by atomic mass is 10.1. The summed E-state index contributed by atoms with van der Waals surface area (Å²) in [6.07, 6.45) is 0.900. The van der Waals surface area contributed by atoms with Crippen molar-refractivity contribution in [2.24, 2.45) is 0 Å². The molecule has 1 heterocycles. The Morgan fingerprint density at radius 1 is 1.33 bits per heavy atom. The maximum atomic E-state index is 12.3. The van der Waals surface area contributed by atoms with E-state index in [4.69, 9.17) is 9.47 Å². The molecule has 142 valence electrons. The molecule has 3 rings (SSSR count). The number of hydrogen-bond donors (Lipinski definition) is 1. The molecule has 2 aromatic rings. The fourth-order valence-corrected chi connectivity index (χ4v) is 3.18. The van der Waals surface area contributed by atoms with E-state index in [9.17, 15) is 14.9 Å². The molecule has 0 bridgehead atoms. The molecule has 0 aromatic heterocycles. The van der Waals surface area contributed by atoms with Crippen molar-refractivity contribution in [3.8, 4) is 11.5 Å². The standard InChI is InChI=1S/C20H22N2O5/c1-3-26-18-9-15-8-13(2)27-19(15)10-16(18)12-21-20(23)11-14-6-4-5-7-17(14)22(24)25/h4-7,9-10,13H,3,8,11-12H2,1-2H3,(H,21,23). The van der Waals surface area contributed by atoms with Crippen LogP contribution in [0.4, 0.5) is 5.69 Å². The minimum atomic E-state index is -0.477. The number of rotatable bonds is 7. The molecule has 0 saturated heterocycles. The Labute approximate surface area is 157 Å². The van der Waals surface area contributed by atoms with Crippen molar-refractivity contribution >= 4 is 11.6 Å². The zero-order valence-electron chi connectivity index (χ0n) is 15.4. The van der Waals surface area contributed by atoms with Gasteiger partial charge in [-0.05, 0) is 26.0 Å². The maximum Gasteiger partial charge on any atom is 0.273 e. The molecule has 1 aliphatic rings. The summed E-state index contributed by atoms with van der Waals surface area (Å²) in [6.45, 7) is 4.70. The average Bonchev–Trinajstić information content (AvgIpc) is 2.99. The van der Waals surface area contributed by atoms with Gasteiger partial charge in [-0.25, -0.2) is 0 Å². The molecule has 0 spiro atoms. The molecule has 27 heavy (non-hydrogen) atoms. The number of amides is 1. The Morgan fingerprint density at radius 2 is 2.11 bits per heavy atom. The molecule has 1 N–H and O–H groups in total. The van der Waals surface area contributed by atoms with Crippen LogP contribution in [0.15, 0.2) is 36.4 Å². The van der Waals surface area contributed by atoms with Gasteiger partial charge in [0.2, 0.25) is 5.91 Å². The van der Waals surface area contributed by atoms with Crippen molar-refractivity contribution in [1.82, 2.24) is 5.32 Å². The van der Waals surface area contributed by atoms with Crippen LogP contribution in [-0.4, -0.2) is 23.5 Å². The van der Waals surface area contributed by atoms with E-state index >= 15 is 0 Å². The van der Waals surface area contributed by atoms with E-state index in [1.165, 1.54) is 6.07 Å². The predicted octanol–water partition coefficient (Wildman–Crippen LogP) is 3.18. The van der Waals surface area contributed by atoms with E-state index in [0.717, 1.165) is 29.0 Å². The van der Waals surface area contributed by atoms with Crippen LogP contribution in [0.2, 0.25) is 0 Å². The average molecular weight is 370 g/mol. The number of benzene rings is 2. The summed E-state index contributed by atoms with van der Waals surface area (Å²) in [4.78, 5) is 22.9. The van der Waals surface area contributed by atoms with Crippen LogP contribution < -0.4 is 14.8 Å². The van der Waals surface area contributed by atoms with Crippen LogP contribution in [0.1, 0.15) is 30.5 Å². The third-order valence-electron chi connectivity index (χ3n) is 4.39. The second-order valence-electron chi connectivity index (χ2n) is 6.47. The molecule has 1 aliphatic heterocycles. The molecule has 2 aromatic carbocycles. The molecule has 0 radical (unpaired) electrons. The Balaban J connectivity index is 1.70. The molecule has 7 nitrogen and oxygen atoms in total. The van der Waals surface area contributed by atoms with Crippen molar-refractivity contribution in [3.05, 3.63) is 63.2 Å². The summed E-state index contributed by atoms with van der Waals surface area (Å²) in [6, 6.07) is 10.1. The SMILES string of the molecule is CCOc1cc2c(cc1CNC(=O)Cc1ccccc1[N+](=O)[O-])OC(C)C2. The van der Waals surface area contributed by atoms with Gasteiger partial charge in [0.1, 0.15) is 17.6 Å². The third-order valence-corrected chi connectivity index (χ3v) is 4.39. The predicted molar refractivity (Wildman–Crippen MR) is 100 cm³/mol. The molecular weight excluding hydrogens is 348 g/mol. The molecular formula is C20H22N2O5. The molecule has 0 fully saturated rings. The number of para-hydroxylation sites is 1. The lowest BCUT2D eigenvalue weighted by Gasteiger charge is -2.13. The molecule has 1 amide bonds. The van der Waals surface area contributed by atoms with Crippen molar-refractivity contribution < 1.29 is 19.2 Å². The Bertz CT molecular complexity index is 865. The second kappa shape index (κ2) is 8.07. The smallest absolute Gasteiger partial charge is 0.273 e. The van der Waals surface area contributed by atoms with Gasteiger partial charge >= 0.3 is 0 Å². The molecule has 0 saturated carbocycles. The van der Waals surface area contributed by atoms with Crippen LogP contribution in [0, 0.1) is 10.1 Å². The number of fused-ring (bicyclic) bond motifs is 1. The molecule has 7 heteroatoms. The lowest BCUT2D eigenvalue weighted by Crippen LogP contribution is -2.25. The topological polar surface area (TPSA) is 90.7 Å². The van der Waals surface area contributed by atoms with Crippen molar-refractivity contribution in [3.63, 3.8) is 0 Å². The van der Waals surface area contributed by atoms with Gasteiger partial charge in [-0.3, -0.25) is 14.9 Å². The fraction of sp³-hybridized carbons (Fsp3) is 0.350. The number of nitro groups is 1. The van der Waals surface area contributed by atoms with Crippen molar-refractivity contribution in [2.45, 2.75) is 39.3 Å². The number of carbonyl (C=O) groups is 1. The van der Waals surface area contributed by atoms with E-state index in [0.29, 0.717) is 12.2 Å². The highest BCUT2D eigenvalue weighted by Gasteiger charge is 2.22. The highest BCUT2D eigenvalue weighted by Crippen LogP contribution is 2.35. The first-order valence-corrected chi connectivity index (χ1v) is 8.92. The first-order chi connectivity index (χ1) is 13.0. The van der Waals surface area contributed by atoms with Crippen LogP contribution >= 0.6 is 0 Å². The Kier molecular flexibility index (Phi) is 5.59. The first-order valence-electron chi connectivity index (χ1n) is 8.92. The second-order valence-corrected chi connectivity index (χ2v) is 6.47. The van der Waals surface area contributed by atoms with Gasteiger partial charge in [0.05, 0.1) is 18.0 Å². The minimum absolute atomic E-state index is 0.0532. The Hall–Kier alpha value is -3.09.